The minimum Gasteiger partial charge on any atom is -0.493 e. The first-order chi connectivity index (χ1) is 13.2. The average molecular weight is 420 g/mol. The Morgan fingerprint density at radius 2 is 1.71 bits per heavy atom. The van der Waals surface area contributed by atoms with Crippen molar-refractivity contribution in [3.8, 4) is 17.2 Å². The van der Waals surface area contributed by atoms with Gasteiger partial charge in [-0.1, -0.05) is 0 Å². The van der Waals surface area contributed by atoms with E-state index in [0.717, 1.165) is 0 Å². The predicted molar refractivity (Wildman–Crippen MR) is 97.4 cm³/mol. The highest BCUT2D eigenvalue weighted by atomic mass is 32.1. The van der Waals surface area contributed by atoms with Gasteiger partial charge in [0.2, 0.25) is 5.75 Å². The summed E-state index contributed by atoms with van der Waals surface area (Å²) in [5, 5.41) is 4.39. The number of hydrogen-bond acceptors (Lipinski definition) is 6. The molecule has 0 saturated carbocycles. The zero-order chi connectivity index (χ0) is 21.1. The number of thiocarbonyl (C=S) groups is 1. The van der Waals surface area contributed by atoms with Gasteiger partial charge in [0.25, 0.3) is 0 Å². The number of hydrogen-bond donors (Lipinski definition) is 2. The predicted octanol–water partition coefficient (Wildman–Crippen LogP) is 2.61. The number of ether oxygens (including phenoxy) is 4. The normalized spacial score (nSPS) is 16.8. The van der Waals surface area contributed by atoms with Crippen molar-refractivity contribution in [2.24, 2.45) is 0 Å². The number of carbonyl (C=O) groups excluding carboxylic acids is 1. The molecule has 0 unspecified atom stereocenters. The number of halogens is 3. The van der Waals surface area contributed by atoms with Gasteiger partial charge in [-0.25, -0.2) is 4.79 Å². The van der Waals surface area contributed by atoms with E-state index in [1.54, 1.807) is 0 Å². The fourth-order valence-corrected chi connectivity index (χ4v) is 2.95. The quantitative estimate of drug-likeness (QED) is 0.537. The molecule has 7 nitrogen and oxygen atoms in total. The molecular formula is C17H19F3N2O5S. The van der Waals surface area contributed by atoms with E-state index in [-0.39, 0.29) is 34.5 Å². The number of methoxy groups -OCH3 is 3. The number of esters is 1. The molecule has 1 atom stereocenters. The number of allylic oxidation sites excluding steroid dienone is 1. The fourth-order valence-electron chi connectivity index (χ4n) is 2.73. The average Bonchev–Trinajstić information content (AvgIpc) is 2.65. The Labute approximate surface area is 164 Å². The number of rotatable bonds is 6. The molecule has 154 valence electrons. The molecule has 0 spiro atoms. The molecule has 0 amide bonds. The van der Waals surface area contributed by atoms with Crippen LogP contribution in [-0.2, 0) is 9.53 Å². The Bertz CT molecular complexity index is 785. The van der Waals surface area contributed by atoms with Gasteiger partial charge in [-0.15, -0.1) is 0 Å². The highest BCUT2D eigenvalue weighted by molar-refractivity contribution is 7.80. The highest BCUT2D eigenvalue weighted by Gasteiger charge is 2.45. The Morgan fingerprint density at radius 3 is 2.14 bits per heavy atom. The third kappa shape index (κ3) is 4.24. The molecule has 0 fully saturated rings. The van der Waals surface area contributed by atoms with Crippen LogP contribution in [0.15, 0.2) is 23.4 Å². The van der Waals surface area contributed by atoms with Gasteiger partial charge in [0.05, 0.1) is 39.6 Å². The number of nitrogens with one attached hydrogen (secondary N) is 2. The van der Waals surface area contributed by atoms with E-state index in [1.807, 2.05) is 5.32 Å². The van der Waals surface area contributed by atoms with Crippen molar-refractivity contribution < 1.29 is 36.9 Å². The maximum absolute atomic E-state index is 13.6. The lowest BCUT2D eigenvalue weighted by atomic mass is 9.94. The Kier molecular flexibility index (Phi) is 6.60. The lowest BCUT2D eigenvalue weighted by Gasteiger charge is -2.32. The van der Waals surface area contributed by atoms with Crippen LogP contribution in [0.25, 0.3) is 0 Å². The Hall–Kier alpha value is -2.69. The van der Waals surface area contributed by atoms with Gasteiger partial charge in [0.15, 0.2) is 16.6 Å². The zero-order valence-corrected chi connectivity index (χ0v) is 16.3. The van der Waals surface area contributed by atoms with E-state index in [1.165, 1.54) is 40.4 Å². The minimum absolute atomic E-state index is 0.0973. The van der Waals surface area contributed by atoms with E-state index >= 15 is 0 Å². The summed E-state index contributed by atoms with van der Waals surface area (Å²) in [6.45, 7) is 1.40. The van der Waals surface area contributed by atoms with Crippen LogP contribution in [0.1, 0.15) is 18.5 Å². The molecule has 0 bridgehead atoms. The van der Waals surface area contributed by atoms with Gasteiger partial charge in [0, 0.05) is 0 Å². The van der Waals surface area contributed by atoms with Crippen LogP contribution >= 0.6 is 12.2 Å². The van der Waals surface area contributed by atoms with E-state index in [4.69, 9.17) is 31.2 Å². The van der Waals surface area contributed by atoms with Crippen LogP contribution in [0.3, 0.4) is 0 Å². The molecule has 0 saturated heterocycles. The van der Waals surface area contributed by atoms with Crippen LogP contribution in [0, 0.1) is 0 Å². The van der Waals surface area contributed by atoms with E-state index in [9.17, 15) is 18.0 Å². The molecule has 1 aliphatic heterocycles. The van der Waals surface area contributed by atoms with Crippen molar-refractivity contribution in [1.82, 2.24) is 10.6 Å². The second-order valence-corrected chi connectivity index (χ2v) is 5.91. The molecule has 2 N–H and O–H groups in total. The number of alkyl halides is 3. The van der Waals surface area contributed by atoms with Crippen LogP contribution in [0.2, 0.25) is 0 Å². The first-order valence-corrected chi connectivity index (χ1v) is 8.44. The third-order valence-corrected chi connectivity index (χ3v) is 4.09. The molecule has 11 heteroatoms. The standard InChI is InChI=1S/C17H19F3N2O5S/c1-5-27-15(23)11-12(21-16(28)22-14(11)17(18,19)20)8-6-9(24-2)13(26-4)10(7-8)25-3/h6-7,12H,5H2,1-4H3,(H2,21,22,28)/t12-/m0/s1. The van der Waals surface area contributed by atoms with Crippen molar-refractivity contribution in [3.63, 3.8) is 0 Å². The smallest absolute Gasteiger partial charge is 0.431 e. The molecule has 1 aliphatic rings. The second kappa shape index (κ2) is 8.55. The molecule has 0 radical (unpaired) electrons. The summed E-state index contributed by atoms with van der Waals surface area (Å²) in [5.41, 5.74) is -1.70. The topological polar surface area (TPSA) is 78.1 Å². The summed E-state index contributed by atoms with van der Waals surface area (Å²) in [6, 6.07) is 1.61. The molecule has 28 heavy (non-hydrogen) atoms. The summed E-state index contributed by atoms with van der Waals surface area (Å²) in [6.07, 6.45) is -4.85. The van der Waals surface area contributed by atoms with E-state index in [0.29, 0.717) is 0 Å². The van der Waals surface area contributed by atoms with Gasteiger partial charge < -0.3 is 29.6 Å². The largest absolute Gasteiger partial charge is 0.493 e. The minimum atomic E-state index is -4.85. The Balaban J connectivity index is 2.73. The molecule has 0 aliphatic carbocycles. The van der Waals surface area contributed by atoms with Gasteiger partial charge >= 0.3 is 12.1 Å². The molecule has 1 aromatic rings. The summed E-state index contributed by atoms with van der Waals surface area (Å²) in [4.78, 5) is 12.4. The van der Waals surface area contributed by atoms with Crippen LogP contribution in [0.4, 0.5) is 13.2 Å². The first-order valence-electron chi connectivity index (χ1n) is 8.03. The second-order valence-electron chi connectivity index (χ2n) is 5.50. The number of benzene rings is 1. The van der Waals surface area contributed by atoms with Gasteiger partial charge in [-0.3, -0.25) is 0 Å². The first kappa shape index (κ1) is 21.6. The lowest BCUT2D eigenvalue weighted by Crippen LogP contribution is -2.49. The van der Waals surface area contributed by atoms with Crippen molar-refractivity contribution >= 4 is 23.3 Å². The fraction of sp³-hybridized carbons (Fsp3) is 0.412. The van der Waals surface area contributed by atoms with Crippen molar-refractivity contribution in [1.29, 1.82) is 0 Å². The van der Waals surface area contributed by atoms with Crippen LogP contribution < -0.4 is 24.8 Å². The van der Waals surface area contributed by atoms with Gasteiger partial charge in [-0.2, -0.15) is 13.2 Å². The lowest BCUT2D eigenvalue weighted by molar-refractivity contribution is -0.140. The Morgan fingerprint density at radius 1 is 1.14 bits per heavy atom. The SMILES string of the molecule is CCOC(=O)C1=C(C(F)(F)F)NC(=S)N[C@H]1c1cc(OC)c(OC)c(OC)c1. The molecule has 1 aromatic carbocycles. The summed E-state index contributed by atoms with van der Waals surface area (Å²) >= 11 is 4.91. The highest BCUT2D eigenvalue weighted by Crippen LogP contribution is 2.43. The van der Waals surface area contributed by atoms with Crippen LogP contribution in [0.5, 0.6) is 17.2 Å². The van der Waals surface area contributed by atoms with Crippen LogP contribution in [-0.4, -0.2) is 45.2 Å². The van der Waals surface area contributed by atoms with E-state index in [2.05, 4.69) is 5.32 Å². The maximum atomic E-state index is 13.6. The third-order valence-electron chi connectivity index (χ3n) is 3.87. The van der Waals surface area contributed by atoms with Crippen molar-refractivity contribution in [3.05, 3.63) is 29.0 Å². The summed E-state index contributed by atoms with van der Waals surface area (Å²) in [5.74, 6) is -0.459. The monoisotopic (exact) mass is 420 g/mol. The summed E-state index contributed by atoms with van der Waals surface area (Å²) < 4.78 is 61.3. The van der Waals surface area contributed by atoms with Gasteiger partial charge in [0.1, 0.15) is 5.70 Å². The van der Waals surface area contributed by atoms with Crippen molar-refractivity contribution in [2.45, 2.75) is 19.1 Å². The van der Waals surface area contributed by atoms with Gasteiger partial charge in [-0.05, 0) is 36.8 Å². The zero-order valence-electron chi connectivity index (χ0n) is 15.5. The molecular weight excluding hydrogens is 401 g/mol. The number of carbonyl (C=O) groups is 1. The molecule has 2 rings (SSSR count). The van der Waals surface area contributed by atoms with Crippen molar-refractivity contribution in [2.75, 3.05) is 27.9 Å². The molecule has 1 heterocycles. The maximum Gasteiger partial charge on any atom is 0.431 e. The van der Waals surface area contributed by atoms with E-state index < -0.39 is 29.5 Å². The summed E-state index contributed by atoms with van der Waals surface area (Å²) in [7, 11) is 4.12. The molecule has 0 aromatic heterocycles.